The largest absolute Gasteiger partial charge is 0.397 e. The molecule has 0 spiro atoms. The third-order valence-corrected chi connectivity index (χ3v) is 5.54. The average molecular weight is 294 g/mol. The van der Waals surface area contributed by atoms with Gasteiger partial charge >= 0.3 is 0 Å². The molecule has 1 saturated carbocycles. The molecule has 4 N–H and O–H groups in total. The molecule has 1 unspecified atom stereocenters. The van der Waals surface area contributed by atoms with E-state index in [9.17, 15) is 4.79 Å². The van der Waals surface area contributed by atoms with Crippen LogP contribution in [0.15, 0.2) is 0 Å². The first-order valence-corrected chi connectivity index (χ1v) is 7.97. The maximum atomic E-state index is 11.6. The Labute approximate surface area is 123 Å². The molecule has 2 heterocycles. The summed E-state index contributed by atoms with van der Waals surface area (Å²) < 4.78 is 0. The topological polar surface area (TPSA) is 75.6 Å². The van der Waals surface area contributed by atoms with Gasteiger partial charge in [0.2, 0.25) is 0 Å². The van der Waals surface area contributed by atoms with Gasteiger partial charge in [-0.1, -0.05) is 0 Å². The van der Waals surface area contributed by atoms with E-state index in [0.29, 0.717) is 22.5 Å². The Hall–Kier alpha value is -1.27. The number of primary amides is 1. The zero-order valence-corrected chi connectivity index (χ0v) is 12.9. The quantitative estimate of drug-likeness (QED) is 0.884. The van der Waals surface area contributed by atoms with E-state index in [1.165, 1.54) is 34.7 Å². The molecule has 2 aliphatic rings. The number of nitrogen functional groups attached to an aromatic ring is 1. The van der Waals surface area contributed by atoms with Gasteiger partial charge < -0.3 is 21.3 Å². The molecular formula is C14H22N4OS. The summed E-state index contributed by atoms with van der Waals surface area (Å²) in [4.78, 5) is 16.8. The van der Waals surface area contributed by atoms with E-state index in [1.807, 2.05) is 0 Å². The highest BCUT2D eigenvalue weighted by atomic mass is 32.1. The van der Waals surface area contributed by atoms with Gasteiger partial charge in [0.15, 0.2) is 0 Å². The van der Waals surface area contributed by atoms with Crippen LogP contribution >= 0.6 is 11.3 Å². The van der Waals surface area contributed by atoms with Gasteiger partial charge in [-0.3, -0.25) is 4.79 Å². The van der Waals surface area contributed by atoms with E-state index < -0.39 is 5.91 Å². The summed E-state index contributed by atoms with van der Waals surface area (Å²) in [6.45, 7) is 5.29. The Bertz CT molecular complexity index is 538. The molecule has 1 aliphatic carbocycles. The van der Waals surface area contributed by atoms with Crippen molar-refractivity contribution in [2.24, 2.45) is 5.73 Å². The molecule has 1 aromatic heterocycles. The van der Waals surface area contributed by atoms with Crippen molar-refractivity contribution in [2.75, 3.05) is 37.3 Å². The minimum absolute atomic E-state index is 0.401. The van der Waals surface area contributed by atoms with Crippen LogP contribution in [0.5, 0.6) is 0 Å². The lowest BCUT2D eigenvalue weighted by molar-refractivity contribution is 0.100. The van der Waals surface area contributed by atoms with Crippen LogP contribution in [0.2, 0.25) is 0 Å². The van der Waals surface area contributed by atoms with Gasteiger partial charge in [0.25, 0.3) is 5.91 Å². The highest BCUT2D eigenvalue weighted by molar-refractivity contribution is 7.18. The molecule has 0 radical (unpaired) electrons. The summed E-state index contributed by atoms with van der Waals surface area (Å²) in [5, 5.41) is 1.18. The van der Waals surface area contributed by atoms with Crippen molar-refractivity contribution in [3.05, 3.63) is 10.4 Å². The second kappa shape index (κ2) is 4.93. The summed E-state index contributed by atoms with van der Waals surface area (Å²) in [5.41, 5.74) is 13.5. The molecule has 0 aromatic carbocycles. The lowest BCUT2D eigenvalue weighted by Crippen LogP contribution is -2.50. The van der Waals surface area contributed by atoms with E-state index in [1.54, 1.807) is 0 Å². The van der Waals surface area contributed by atoms with Crippen LogP contribution in [-0.2, 0) is 0 Å². The fourth-order valence-electron chi connectivity index (χ4n) is 3.05. The molecule has 1 atom stereocenters. The molecule has 0 bridgehead atoms. The van der Waals surface area contributed by atoms with Crippen molar-refractivity contribution in [1.82, 2.24) is 4.90 Å². The number of hydrogen-bond acceptors (Lipinski definition) is 5. The van der Waals surface area contributed by atoms with Crippen LogP contribution in [0.1, 0.15) is 40.9 Å². The van der Waals surface area contributed by atoms with E-state index in [0.717, 1.165) is 19.6 Å². The van der Waals surface area contributed by atoms with Crippen molar-refractivity contribution in [3.8, 4) is 0 Å². The molecule has 1 aliphatic heterocycles. The minimum Gasteiger partial charge on any atom is -0.397 e. The first-order valence-electron chi connectivity index (χ1n) is 7.16. The molecule has 1 amide bonds. The lowest BCUT2D eigenvalue weighted by Gasteiger charge is -2.39. The fraction of sp³-hybridized carbons (Fsp3) is 0.643. The van der Waals surface area contributed by atoms with Crippen molar-refractivity contribution >= 4 is 27.9 Å². The Morgan fingerprint density at radius 2 is 2.05 bits per heavy atom. The van der Waals surface area contributed by atoms with Gasteiger partial charge in [-0.15, -0.1) is 11.3 Å². The third kappa shape index (κ3) is 2.27. The number of rotatable bonds is 3. The van der Waals surface area contributed by atoms with Crippen molar-refractivity contribution in [2.45, 2.75) is 31.7 Å². The summed E-state index contributed by atoms with van der Waals surface area (Å²) in [5.74, 6) is 0.128. The normalized spacial score (nSPS) is 24.1. The average Bonchev–Trinajstić information content (AvgIpc) is 3.13. The Balaban J connectivity index is 1.99. The van der Waals surface area contributed by atoms with Gasteiger partial charge in [-0.2, -0.15) is 0 Å². The molecular weight excluding hydrogens is 272 g/mol. The first-order chi connectivity index (χ1) is 9.49. The predicted molar refractivity (Wildman–Crippen MR) is 83.5 cm³/mol. The van der Waals surface area contributed by atoms with Crippen LogP contribution in [0.25, 0.3) is 0 Å². The summed E-state index contributed by atoms with van der Waals surface area (Å²) in [6.07, 6.45) is 2.35. The van der Waals surface area contributed by atoms with Crippen LogP contribution < -0.4 is 16.4 Å². The summed E-state index contributed by atoms with van der Waals surface area (Å²) >= 11 is 1.48. The van der Waals surface area contributed by atoms with Crippen LogP contribution in [0.4, 0.5) is 10.7 Å². The third-order valence-electron chi connectivity index (χ3n) is 4.26. The number of hydrogen-bond donors (Lipinski definition) is 2. The molecule has 6 heteroatoms. The molecule has 20 heavy (non-hydrogen) atoms. The Morgan fingerprint density at radius 3 is 2.60 bits per heavy atom. The van der Waals surface area contributed by atoms with Crippen molar-refractivity contribution in [3.63, 3.8) is 0 Å². The first kappa shape index (κ1) is 13.7. The number of anilines is 2. The molecule has 5 nitrogen and oxygen atoms in total. The van der Waals surface area contributed by atoms with Crippen LogP contribution in [-0.4, -0.2) is 43.5 Å². The lowest BCUT2D eigenvalue weighted by atomic mass is 10.1. The van der Waals surface area contributed by atoms with E-state index in [-0.39, 0.29) is 0 Å². The number of carbonyl (C=O) groups is 1. The smallest absolute Gasteiger partial charge is 0.260 e. The number of nitrogens with two attached hydrogens (primary N) is 2. The van der Waals surface area contributed by atoms with Crippen molar-refractivity contribution < 1.29 is 4.79 Å². The maximum absolute atomic E-state index is 11.6. The highest BCUT2D eigenvalue weighted by Crippen LogP contribution is 2.52. The molecule has 3 rings (SSSR count). The van der Waals surface area contributed by atoms with E-state index in [2.05, 4.69) is 23.8 Å². The number of thiophene rings is 1. The monoisotopic (exact) mass is 294 g/mol. The SMILES string of the molecule is CC1CN(C)CCN1c1sc(C(N)=O)c(N)c1C1CC1. The van der Waals surface area contributed by atoms with Gasteiger partial charge in [0.05, 0.1) is 10.7 Å². The zero-order chi connectivity index (χ0) is 14.4. The molecule has 1 saturated heterocycles. The Kier molecular flexibility index (Phi) is 3.38. The van der Waals surface area contributed by atoms with Gasteiger partial charge in [-0.05, 0) is 32.7 Å². The van der Waals surface area contributed by atoms with Gasteiger partial charge in [0.1, 0.15) is 4.88 Å². The van der Waals surface area contributed by atoms with Gasteiger partial charge in [0, 0.05) is 31.2 Å². The standard InChI is InChI=1S/C14H22N4OS/c1-8-7-17(2)5-6-18(8)14-10(9-3-4-9)11(15)12(20-14)13(16)19/h8-9H,3-7,15H2,1-2H3,(H2,16,19). The second-order valence-electron chi connectivity index (χ2n) is 6.01. The number of carbonyl (C=O) groups excluding carboxylic acids is 1. The number of piperazine rings is 1. The number of nitrogens with zero attached hydrogens (tertiary/aromatic N) is 2. The number of amides is 1. The van der Waals surface area contributed by atoms with E-state index in [4.69, 9.17) is 11.5 Å². The molecule has 2 fully saturated rings. The van der Waals surface area contributed by atoms with Crippen LogP contribution in [0, 0.1) is 0 Å². The molecule has 1 aromatic rings. The predicted octanol–water partition coefficient (Wildman–Crippen LogP) is 1.45. The summed E-state index contributed by atoms with van der Waals surface area (Å²) in [6, 6.07) is 0.435. The zero-order valence-electron chi connectivity index (χ0n) is 12.1. The second-order valence-corrected chi connectivity index (χ2v) is 7.01. The van der Waals surface area contributed by atoms with Gasteiger partial charge in [-0.25, -0.2) is 0 Å². The molecule has 110 valence electrons. The fourth-order valence-corrected chi connectivity index (χ4v) is 4.34. The van der Waals surface area contributed by atoms with Crippen LogP contribution in [0.3, 0.4) is 0 Å². The number of likely N-dealkylation sites (N-methyl/N-ethyl adjacent to an activating group) is 1. The van der Waals surface area contributed by atoms with Crippen molar-refractivity contribution in [1.29, 1.82) is 0 Å². The summed E-state index contributed by atoms with van der Waals surface area (Å²) in [7, 11) is 2.15. The minimum atomic E-state index is -0.401. The van der Waals surface area contributed by atoms with E-state index >= 15 is 0 Å². The maximum Gasteiger partial charge on any atom is 0.260 e. The Morgan fingerprint density at radius 1 is 1.35 bits per heavy atom. The highest BCUT2D eigenvalue weighted by Gasteiger charge is 2.36.